The van der Waals surface area contributed by atoms with Gasteiger partial charge in [-0.25, -0.2) is 0 Å². The average Bonchev–Trinajstić information content (AvgIpc) is 3.34. The summed E-state index contributed by atoms with van der Waals surface area (Å²) in [5.41, 5.74) is 0. The Bertz CT molecular complexity index is 1070. The molecule has 28 heavy (non-hydrogen) atoms. The van der Waals surface area contributed by atoms with Gasteiger partial charge in [0.1, 0.15) is 21.4 Å². The zero-order valence-corrected chi connectivity index (χ0v) is 15.2. The first-order chi connectivity index (χ1) is 13.3. The van der Waals surface area contributed by atoms with Gasteiger partial charge in [0.05, 0.1) is 17.0 Å². The molecule has 0 spiro atoms. The van der Waals surface area contributed by atoms with Gasteiger partial charge < -0.3 is 8.83 Å². The van der Waals surface area contributed by atoms with E-state index in [2.05, 4.69) is 5.10 Å². The van der Waals surface area contributed by atoms with E-state index in [0.29, 0.717) is 0 Å². The first kappa shape index (κ1) is 19.2. The number of hydrogen-bond acceptors (Lipinski definition) is 10. The molecule has 0 saturated carbocycles. The van der Waals surface area contributed by atoms with Gasteiger partial charge in [-0.05, 0) is 36.5 Å². The smallest absolute Gasteiger partial charge is 0.401 e. The standard InChI is InChI=1S/C15H8N4O7S2/c20-14-11(8-10-4-6-13(26-10)19(23)24)28-15(27)17(14)16-7-1-2-9-3-5-12(25-9)18(21)22/h1-8H/b2-1+,11-8+,16-7+. The number of thioether (sulfide) groups is 1. The summed E-state index contributed by atoms with van der Waals surface area (Å²) in [5, 5.41) is 26.1. The number of allylic oxidation sites excluding steroid dienone is 1. The molecule has 1 fully saturated rings. The molecular formula is C15H8N4O7S2. The summed E-state index contributed by atoms with van der Waals surface area (Å²) in [6.45, 7) is 0. The summed E-state index contributed by atoms with van der Waals surface area (Å²) in [5.74, 6) is -0.981. The van der Waals surface area contributed by atoms with Gasteiger partial charge >= 0.3 is 11.8 Å². The third-order valence-corrected chi connectivity index (χ3v) is 4.44. The van der Waals surface area contributed by atoms with Crippen molar-refractivity contribution in [3.8, 4) is 0 Å². The van der Waals surface area contributed by atoms with E-state index in [-0.39, 0.29) is 20.7 Å². The van der Waals surface area contributed by atoms with Crippen LogP contribution >= 0.6 is 24.0 Å². The molecule has 0 aromatic carbocycles. The van der Waals surface area contributed by atoms with Gasteiger partial charge in [0.25, 0.3) is 5.91 Å². The summed E-state index contributed by atoms with van der Waals surface area (Å²) in [6.07, 6.45) is 5.44. The number of carbonyl (C=O) groups excluding carboxylic acids is 1. The van der Waals surface area contributed by atoms with Crippen molar-refractivity contribution < 1.29 is 23.5 Å². The summed E-state index contributed by atoms with van der Waals surface area (Å²) < 4.78 is 10.1. The number of nitro groups is 2. The van der Waals surface area contributed by atoms with E-state index in [1.165, 1.54) is 48.7 Å². The van der Waals surface area contributed by atoms with Crippen molar-refractivity contribution in [3.05, 3.63) is 67.0 Å². The fourth-order valence-electron chi connectivity index (χ4n) is 1.98. The van der Waals surface area contributed by atoms with Crippen LogP contribution in [0.3, 0.4) is 0 Å². The highest BCUT2D eigenvalue weighted by atomic mass is 32.2. The van der Waals surface area contributed by atoms with Gasteiger partial charge in [0.2, 0.25) is 0 Å². The maximum atomic E-state index is 12.3. The van der Waals surface area contributed by atoms with E-state index in [9.17, 15) is 25.0 Å². The fourth-order valence-corrected chi connectivity index (χ4v) is 3.13. The Hall–Kier alpha value is -3.58. The number of carbonyl (C=O) groups is 1. The van der Waals surface area contributed by atoms with E-state index in [4.69, 9.17) is 21.1 Å². The van der Waals surface area contributed by atoms with Crippen LogP contribution in [0.5, 0.6) is 0 Å². The number of hydrogen-bond donors (Lipinski definition) is 0. The van der Waals surface area contributed by atoms with Crippen molar-refractivity contribution >= 4 is 64.3 Å². The monoisotopic (exact) mass is 420 g/mol. The molecule has 0 N–H and O–H groups in total. The molecule has 0 radical (unpaired) electrons. The lowest BCUT2D eigenvalue weighted by Crippen LogP contribution is -2.21. The lowest BCUT2D eigenvalue weighted by atomic mass is 10.4. The van der Waals surface area contributed by atoms with Crippen LogP contribution in [0.25, 0.3) is 12.2 Å². The molecule has 1 amide bonds. The number of nitrogens with zero attached hydrogens (tertiary/aromatic N) is 4. The van der Waals surface area contributed by atoms with Crippen LogP contribution in [0.4, 0.5) is 11.8 Å². The van der Waals surface area contributed by atoms with Gasteiger partial charge in [-0.2, -0.15) is 10.1 Å². The number of rotatable bonds is 6. The Kier molecular flexibility index (Phi) is 5.47. The largest absolute Gasteiger partial charge is 0.433 e. The van der Waals surface area contributed by atoms with Crippen molar-refractivity contribution in [1.82, 2.24) is 5.01 Å². The Morgan fingerprint density at radius 1 is 1.07 bits per heavy atom. The summed E-state index contributed by atoms with van der Waals surface area (Å²) >= 11 is 6.05. The molecule has 2 aromatic rings. The third kappa shape index (κ3) is 4.21. The highest BCUT2D eigenvalue weighted by molar-refractivity contribution is 8.26. The zero-order chi connectivity index (χ0) is 20.3. The molecule has 1 aliphatic rings. The lowest BCUT2D eigenvalue weighted by molar-refractivity contribution is -0.402. The van der Waals surface area contributed by atoms with Crippen molar-refractivity contribution in [2.75, 3.05) is 0 Å². The van der Waals surface area contributed by atoms with Gasteiger partial charge in [-0.1, -0.05) is 11.8 Å². The second kappa shape index (κ2) is 7.98. The summed E-state index contributed by atoms with van der Waals surface area (Å²) in [4.78, 5) is 32.4. The topological polar surface area (TPSA) is 145 Å². The molecule has 1 saturated heterocycles. The quantitative estimate of drug-likeness (QED) is 0.225. The Labute approximate surface area is 165 Å². The predicted molar refractivity (Wildman–Crippen MR) is 103 cm³/mol. The van der Waals surface area contributed by atoms with E-state index in [0.717, 1.165) is 16.8 Å². The summed E-state index contributed by atoms with van der Waals surface area (Å²) in [6, 6.07) is 5.16. The van der Waals surface area contributed by atoms with Crippen LogP contribution in [0, 0.1) is 20.2 Å². The van der Waals surface area contributed by atoms with Crippen LogP contribution in [-0.4, -0.2) is 31.3 Å². The second-order valence-corrected chi connectivity index (χ2v) is 6.66. The molecule has 1 aliphatic heterocycles. The van der Waals surface area contributed by atoms with E-state index >= 15 is 0 Å². The molecule has 2 aromatic heterocycles. The Morgan fingerprint density at radius 3 is 2.29 bits per heavy atom. The normalized spacial score (nSPS) is 16.1. The van der Waals surface area contributed by atoms with Gasteiger partial charge in [0, 0.05) is 12.3 Å². The van der Waals surface area contributed by atoms with Crippen LogP contribution < -0.4 is 0 Å². The maximum Gasteiger partial charge on any atom is 0.433 e. The summed E-state index contributed by atoms with van der Waals surface area (Å²) in [7, 11) is 0. The Morgan fingerprint density at radius 2 is 1.68 bits per heavy atom. The molecule has 11 nitrogen and oxygen atoms in total. The highest BCUT2D eigenvalue weighted by Gasteiger charge is 2.32. The molecule has 3 heterocycles. The predicted octanol–water partition coefficient (Wildman–Crippen LogP) is 3.59. The fraction of sp³-hybridized carbons (Fsp3) is 0. The lowest BCUT2D eigenvalue weighted by Gasteiger charge is -2.04. The Balaban J connectivity index is 1.68. The molecule has 0 atom stereocenters. The van der Waals surface area contributed by atoms with E-state index in [1.807, 2.05) is 0 Å². The zero-order valence-electron chi connectivity index (χ0n) is 13.6. The number of furan rings is 2. The van der Waals surface area contributed by atoms with Gasteiger partial charge in [-0.3, -0.25) is 25.0 Å². The maximum absolute atomic E-state index is 12.3. The van der Waals surface area contributed by atoms with Crippen LogP contribution in [0.1, 0.15) is 11.5 Å². The van der Waals surface area contributed by atoms with Crippen LogP contribution in [0.15, 0.2) is 49.2 Å². The molecular weight excluding hydrogens is 412 g/mol. The van der Waals surface area contributed by atoms with Crippen LogP contribution in [0.2, 0.25) is 0 Å². The minimum Gasteiger partial charge on any atom is -0.401 e. The van der Waals surface area contributed by atoms with E-state index < -0.39 is 27.5 Å². The minimum atomic E-state index is -0.688. The minimum absolute atomic E-state index is 0.135. The number of thiocarbonyl (C=S) groups is 1. The molecule has 3 rings (SSSR count). The van der Waals surface area contributed by atoms with Crippen molar-refractivity contribution in [1.29, 1.82) is 0 Å². The molecule has 142 valence electrons. The first-order valence-corrected chi connectivity index (χ1v) is 8.54. The van der Waals surface area contributed by atoms with E-state index in [1.54, 1.807) is 0 Å². The third-order valence-electron chi connectivity index (χ3n) is 3.16. The average molecular weight is 420 g/mol. The van der Waals surface area contributed by atoms with Crippen molar-refractivity contribution in [3.63, 3.8) is 0 Å². The molecule has 0 unspecified atom stereocenters. The SMILES string of the molecule is O=C1/C(=C\c2ccc([N+](=O)[O-])o2)SC(=S)N1/N=C/C=C/c1ccc([N+](=O)[O-])o1. The second-order valence-electron chi connectivity index (χ2n) is 4.98. The van der Waals surface area contributed by atoms with Crippen molar-refractivity contribution in [2.24, 2.45) is 5.10 Å². The number of amides is 1. The number of hydrazone groups is 1. The van der Waals surface area contributed by atoms with Gasteiger partial charge in [-0.15, -0.1) is 0 Å². The first-order valence-electron chi connectivity index (χ1n) is 7.32. The van der Waals surface area contributed by atoms with Crippen molar-refractivity contribution in [2.45, 2.75) is 0 Å². The molecule has 13 heteroatoms. The highest BCUT2D eigenvalue weighted by Crippen LogP contribution is 2.33. The molecule has 0 bridgehead atoms. The molecule has 0 aliphatic carbocycles. The van der Waals surface area contributed by atoms with Crippen LogP contribution in [-0.2, 0) is 4.79 Å². The van der Waals surface area contributed by atoms with Gasteiger partial charge in [0.15, 0.2) is 4.32 Å².